The second-order valence-corrected chi connectivity index (χ2v) is 6.52. The molecule has 0 amide bonds. The van der Waals surface area contributed by atoms with Gasteiger partial charge in [-0.05, 0) is 29.6 Å². The average molecular weight is 345 g/mol. The van der Waals surface area contributed by atoms with Crippen molar-refractivity contribution in [1.82, 2.24) is 19.7 Å². The fourth-order valence-corrected chi connectivity index (χ4v) is 3.36. The highest BCUT2D eigenvalue weighted by Gasteiger charge is 2.14. The van der Waals surface area contributed by atoms with Crippen LogP contribution in [0.1, 0.15) is 4.88 Å². The quantitative estimate of drug-likeness (QED) is 0.603. The number of thiophene rings is 1. The number of fused-ring (bicyclic) bond motifs is 1. The highest BCUT2D eigenvalue weighted by molar-refractivity contribution is 7.09. The molecule has 0 saturated heterocycles. The Bertz CT molecular complexity index is 958. The molecular weight excluding hydrogens is 332 g/mol. The first-order valence-electron chi connectivity index (χ1n) is 7.02. The van der Waals surface area contributed by atoms with Gasteiger partial charge in [0.2, 0.25) is 0 Å². The van der Waals surface area contributed by atoms with Crippen LogP contribution in [0.3, 0.4) is 0 Å². The molecule has 0 aliphatic carbocycles. The van der Waals surface area contributed by atoms with Gasteiger partial charge in [0, 0.05) is 9.90 Å². The molecule has 23 heavy (non-hydrogen) atoms. The first kappa shape index (κ1) is 14.3. The molecule has 0 aliphatic rings. The van der Waals surface area contributed by atoms with Crippen molar-refractivity contribution in [3.05, 3.63) is 51.8 Å². The molecule has 1 N–H and O–H groups in total. The Morgan fingerprint density at radius 3 is 3.04 bits per heavy atom. The van der Waals surface area contributed by atoms with Crippen molar-refractivity contribution in [2.45, 2.75) is 6.54 Å². The van der Waals surface area contributed by atoms with E-state index in [1.54, 1.807) is 30.7 Å². The number of H-pyrrole nitrogens is 1. The van der Waals surface area contributed by atoms with E-state index in [0.717, 1.165) is 28.3 Å². The number of benzene rings is 1. The Morgan fingerprint density at radius 2 is 2.26 bits per heavy atom. The molecule has 0 fully saturated rings. The third-order valence-electron chi connectivity index (χ3n) is 3.58. The van der Waals surface area contributed by atoms with Gasteiger partial charge in [-0.25, -0.2) is 9.67 Å². The summed E-state index contributed by atoms with van der Waals surface area (Å²) in [5.41, 5.74) is 2.54. The number of hydrogen-bond donors (Lipinski definition) is 1. The van der Waals surface area contributed by atoms with Crippen LogP contribution in [0.4, 0.5) is 0 Å². The van der Waals surface area contributed by atoms with Crippen LogP contribution in [0.15, 0.2) is 41.9 Å². The van der Waals surface area contributed by atoms with Crippen molar-refractivity contribution >= 4 is 34.1 Å². The minimum atomic E-state index is 0.640. The number of aromatic amines is 1. The summed E-state index contributed by atoms with van der Waals surface area (Å²) in [4.78, 5) is 9.20. The SMILES string of the molecule is COc1ccc(Cl)cc1-c1nc2c(cnn2Cc2cccs2)[nH]1. The zero-order valence-corrected chi connectivity index (χ0v) is 13.9. The summed E-state index contributed by atoms with van der Waals surface area (Å²) in [6.07, 6.45) is 1.79. The molecule has 0 spiro atoms. The van der Waals surface area contributed by atoms with E-state index in [1.807, 2.05) is 22.9 Å². The summed E-state index contributed by atoms with van der Waals surface area (Å²) >= 11 is 7.81. The molecule has 0 aliphatic heterocycles. The molecule has 4 aromatic rings. The van der Waals surface area contributed by atoms with Gasteiger partial charge in [0.15, 0.2) is 5.65 Å². The zero-order chi connectivity index (χ0) is 15.8. The van der Waals surface area contributed by atoms with Gasteiger partial charge in [0.1, 0.15) is 17.1 Å². The Morgan fingerprint density at radius 1 is 1.35 bits per heavy atom. The Hall–Kier alpha value is -2.31. The molecule has 116 valence electrons. The first-order chi connectivity index (χ1) is 11.2. The minimum Gasteiger partial charge on any atom is -0.496 e. The van der Waals surface area contributed by atoms with Gasteiger partial charge in [-0.3, -0.25) is 0 Å². The van der Waals surface area contributed by atoms with Crippen LogP contribution in [-0.4, -0.2) is 26.9 Å². The van der Waals surface area contributed by atoms with Crippen molar-refractivity contribution < 1.29 is 4.74 Å². The number of rotatable bonds is 4. The maximum absolute atomic E-state index is 6.11. The lowest BCUT2D eigenvalue weighted by Crippen LogP contribution is -2.00. The van der Waals surface area contributed by atoms with E-state index >= 15 is 0 Å². The van der Waals surface area contributed by atoms with E-state index in [2.05, 4.69) is 26.5 Å². The number of nitrogens with one attached hydrogen (secondary N) is 1. The van der Waals surface area contributed by atoms with Gasteiger partial charge in [0.05, 0.1) is 25.4 Å². The van der Waals surface area contributed by atoms with Crippen molar-refractivity contribution in [3.63, 3.8) is 0 Å². The topological polar surface area (TPSA) is 55.7 Å². The van der Waals surface area contributed by atoms with Crippen LogP contribution >= 0.6 is 22.9 Å². The fraction of sp³-hybridized carbons (Fsp3) is 0.125. The smallest absolute Gasteiger partial charge is 0.177 e. The molecule has 0 radical (unpaired) electrons. The lowest BCUT2D eigenvalue weighted by Gasteiger charge is -2.06. The lowest BCUT2D eigenvalue weighted by molar-refractivity contribution is 0.416. The third-order valence-corrected chi connectivity index (χ3v) is 4.68. The number of halogens is 1. The molecule has 3 aromatic heterocycles. The molecule has 0 saturated carbocycles. The maximum Gasteiger partial charge on any atom is 0.177 e. The molecule has 5 nitrogen and oxygen atoms in total. The first-order valence-corrected chi connectivity index (χ1v) is 8.28. The summed E-state index contributed by atoms with van der Waals surface area (Å²) in [7, 11) is 1.63. The second-order valence-electron chi connectivity index (χ2n) is 5.05. The van der Waals surface area contributed by atoms with Crippen molar-refractivity contribution in [2.24, 2.45) is 0 Å². The highest BCUT2D eigenvalue weighted by Crippen LogP contribution is 2.32. The third kappa shape index (κ3) is 2.60. The van der Waals surface area contributed by atoms with Crippen molar-refractivity contribution in [2.75, 3.05) is 7.11 Å². The largest absolute Gasteiger partial charge is 0.496 e. The number of ether oxygens (including phenoxy) is 1. The van der Waals surface area contributed by atoms with Gasteiger partial charge < -0.3 is 9.72 Å². The van der Waals surface area contributed by atoms with Crippen molar-refractivity contribution in [1.29, 1.82) is 0 Å². The van der Waals surface area contributed by atoms with Crippen LogP contribution in [0.25, 0.3) is 22.6 Å². The average Bonchev–Trinajstić information content (AvgIpc) is 3.26. The molecule has 1 aromatic carbocycles. The maximum atomic E-state index is 6.11. The number of imidazole rings is 1. The van der Waals surface area contributed by atoms with Crippen LogP contribution in [0.5, 0.6) is 5.75 Å². The molecule has 0 bridgehead atoms. The van der Waals surface area contributed by atoms with E-state index in [9.17, 15) is 0 Å². The Labute approximate surface area is 141 Å². The number of methoxy groups -OCH3 is 1. The van der Waals surface area contributed by atoms with Gasteiger partial charge in [-0.1, -0.05) is 17.7 Å². The number of aromatic nitrogens is 4. The van der Waals surface area contributed by atoms with E-state index in [-0.39, 0.29) is 0 Å². The zero-order valence-electron chi connectivity index (χ0n) is 12.3. The van der Waals surface area contributed by atoms with Crippen LogP contribution in [-0.2, 0) is 6.54 Å². The van der Waals surface area contributed by atoms with Crippen LogP contribution in [0, 0.1) is 0 Å². The second kappa shape index (κ2) is 5.72. The van der Waals surface area contributed by atoms with E-state index < -0.39 is 0 Å². The van der Waals surface area contributed by atoms with Gasteiger partial charge >= 0.3 is 0 Å². The van der Waals surface area contributed by atoms with E-state index in [0.29, 0.717) is 11.6 Å². The summed E-state index contributed by atoms with van der Waals surface area (Å²) < 4.78 is 7.29. The predicted molar refractivity (Wildman–Crippen MR) is 92.3 cm³/mol. The van der Waals surface area contributed by atoms with Gasteiger partial charge in [0.25, 0.3) is 0 Å². The van der Waals surface area contributed by atoms with E-state index in [1.165, 1.54) is 4.88 Å². The number of hydrogen-bond acceptors (Lipinski definition) is 4. The summed E-state index contributed by atoms with van der Waals surface area (Å²) in [6, 6.07) is 9.60. The van der Waals surface area contributed by atoms with Gasteiger partial charge in [-0.15, -0.1) is 11.3 Å². The molecule has 4 rings (SSSR count). The van der Waals surface area contributed by atoms with Gasteiger partial charge in [-0.2, -0.15) is 5.10 Å². The molecule has 3 heterocycles. The van der Waals surface area contributed by atoms with E-state index in [4.69, 9.17) is 16.3 Å². The molecule has 7 heteroatoms. The fourth-order valence-electron chi connectivity index (χ4n) is 2.51. The molecule has 0 unspecified atom stereocenters. The summed E-state index contributed by atoms with van der Waals surface area (Å²) in [5, 5.41) is 7.10. The normalized spacial score (nSPS) is 11.2. The minimum absolute atomic E-state index is 0.640. The molecule has 0 atom stereocenters. The Kier molecular flexibility index (Phi) is 3.55. The Balaban J connectivity index is 1.78. The predicted octanol–water partition coefficient (Wildman–Crippen LogP) is 4.20. The van der Waals surface area contributed by atoms with Crippen LogP contribution in [0.2, 0.25) is 5.02 Å². The summed E-state index contributed by atoms with van der Waals surface area (Å²) in [6.45, 7) is 0.706. The standard InChI is InChI=1S/C16H13ClN4OS/c1-22-14-5-4-10(17)7-12(14)15-19-13-8-18-21(16(13)20-15)9-11-3-2-6-23-11/h2-8H,9H2,1H3,(H,19,20). The molecular formula is C16H13ClN4OS. The highest BCUT2D eigenvalue weighted by atomic mass is 35.5. The summed E-state index contributed by atoms with van der Waals surface area (Å²) in [5.74, 6) is 1.44. The monoisotopic (exact) mass is 344 g/mol. The van der Waals surface area contributed by atoms with Crippen LogP contribution < -0.4 is 4.74 Å². The number of nitrogens with zero attached hydrogens (tertiary/aromatic N) is 3. The van der Waals surface area contributed by atoms with Crippen molar-refractivity contribution in [3.8, 4) is 17.1 Å². The lowest BCUT2D eigenvalue weighted by atomic mass is 10.2.